The van der Waals surface area contributed by atoms with E-state index in [9.17, 15) is 5.11 Å². The van der Waals surface area contributed by atoms with Crippen molar-refractivity contribution in [2.24, 2.45) is 0 Å². The van der Waals surface area contributed by atoms with Gasteiger partial charge in [-0.05, 0) is 19.8 Å². The summed E-state index contributed by atoms with van der Waals surface area (Å²) in [5.41, 5.74) is -0.474. The van der Waals surface area contributed by atoms with Crippen LogP contribution in [0.5, 0.6) is 0 Å². The largest absolute Gasteiger partial charge is 0.389 e. The molecule has 0 aromatic carbocycles. The van der Waals surface area contributed by atoms with E-state index in [1.54, 1.807) is 7.11 Å². The number of methoxy groups -OCH3 is 1. The summed E-state index contributed by atoms with van der Waals surface area (Å²) in [5, 5.41) is 13.7. The fourth-order valence-electron chi connectivity index (χ4n) is 2.24. The first-order valence-corrected chi connectivity index (χ1v) is 6.11. The Morgan fingerprint density at radius 2 is 1.87 bits per heavy atom. The van der Waals surface area contributed by atoms with Crippen molar-refractivity contribution >= 4 is 0 Å². The molecule has 1 aliphatic carbocycles. The second kappa shape index (κ2) is 6.46. The zero-order valence-corrected chi connectivity index (χ0v) is 10.1. The molecular weight excluding hydrogens is 190 g/mol. The third kappa shape index (κ3) is 4.96. The first kappa shape index (κ1) is 12.9. The Hall–Kier alpha value is -0.120. The summed E-state index contributed by atoms with van der Waals surface area (Å²) < 4.78 is 5.06. The van der Waals surface area contributed by atoms with Gasteiger partial charge in [-0.3, -0.25) is 0 Å². The summed E-state index contributed by atoms with van der Waals surface area (Å²) in [5.74, 6) is 0. The maximum atomic E-state index is 10.4. The summed E-state index contributed by atoms with van der Waals surface area (Å²) >= 11 is 0. The van der Waals surface area contributed by atoms with Gasteiger partial charge in [0.15, 0.2) is 0 Å². The Balaban J connectivity index is 2.27. The molecule has 0 radical (unpaired) electrons. The predicted octanol–water partition coefficient (Wildman–Crippen LogP) is 1.70. The van der Waals surface area contributed by atoms with Gasteiger partial charge in [-0.2, -0.15) is 0 Å². The van der Waals surface area contributed by atoms with E-state index in [1.165, 1.54) is 12.8 Å². The van der Waals surface area contributed by atoms with Crippen molar-refractivity contribution in [1.82, 2.24) is 5.32 Å². The molecule has 0 aliphatic heterocycles. The fourth-order valence-corrected chi connectivity index (χ4v) is 2.24. The zero-order valence-electron chi connectivity index (χ0n) is 10.1. The van der Waals surface area contributed by atoms with Gasteiger partial charge in [0, 0.05) is 19.7 Å². The van der Waals surface area contributed by atoms with Gasteiger partial charge in [0.2, 0.25) is 0 Å². The molecule has 0 saturated heterocycles. The number of ether oxygens (including phenoxy) is 1. The normalized spacial score (nSPS) is 23.4. The van der Waals surface area contributed by atoms with Crippen LogP contribution in [0.25, 0.3) is 0 Å². The molecule has 1 atom stereocenters. The van der Waals surface area contributed by atoms with Crippen LogP contribution in [-0.2, 0) is 4.74 Å². The Morgan fingerprint density at radius 1 is 1.27 bits per heavy atom. The predicted molar refractivity (Wildman–Crippen MR) is 62.0 cm³/mol. The molecule has 1 unspecified atom stereocenters. The van der Waals surface area contributed by atoms with E-state index in [0.29, 0.717) is 19.2 Å². The van der Waals surface area contributed by atoms with Crippen molar-refractivity contribution in [3.63, 3.8) is 0 Å². The summed E-state index contributed by atoms with van der Waals surface area (Å²) in [6.07, 6.45) is 6.76. The Morgan fingerprint density at radius 3 is 2.40 bits per heavy atom. The molecule has 0 aromatic heterocycles. The van der Waals surface area contributed by atoms with Crippen LogP contribution in [0.4, 0.5) is 0 Å². The zero-order chi connectivity index (χ0) is 11.1. The summed E-state index contributed by atoms with van der Waals surface area (Å²) in [7, 11) is 1.71. The minimum Gasteiger partial charge on any atom is -0.389 e. The number of rotatable bonds is 5. The molecule has 3 nitrogen and oxygen atoms in total. The lowest BCUT2D eigenvalue weighted by Crippen LogP contribution is -2.44. The van der Waals surface area contributed by atoms with Crippen molar-refractivity contribution in [2.45, 2.75) is 57.1 Å². The first-order chi connectivity index (χ1) is 7.16. The van der Waals surface area contributed by atoms with E-state index in [-0.39, 0.29) is 0 Å². The number of hydrogen-bond donors (Lipinski definition) is 2. The topological polar surface area (TPSA) is 41.5 Å². The van der Waals surface area contributed by atoms with Crippen molar-refractivity contribution in [1.29, 1.82) is 0 Å². The van der Waals surface area contributed by atoms with Gasteiger partial charge in [-0.15, -0.1) is 0 Å². The van der Waals surface area contributed by atoms with Gasteiger partial charge in [-0.25, -0.2) is 0 Å². The maximum Gasteiger partial charge on any atom is 0.0771 e. The third-order valence-electron chi connectivity index (χ3n) is 3.23. The smallest absolute Gasteiger partial charge is 0.0771 e. The fraction of sp³-hybridized carbons (Fsp3) is 1.00. The molecule has 1 aliphatic rings. The third-order valence-corrected chi connectivity index (χ3v) is 3.23. The minimum absolute atomic E-state index is 0.322. The Labute approximate surface area is 93.2 Å². The van der Waals surface area contributed by atoms with Crippen molar-refractivity contribution < 1.29 is 9.84 Å². The molecule has 0 amide bonds. The van der Waals surface area contributed by atoms with Gasteiger partial charge < -0.3 is 15.2 Å². The molecule has 0 heterocycles. The van der Waals surface area contributed by atoms with Gasteiger partial charge in [0.25, 0.3) is 0 Å². The van der Waals surface area contributed by atoms with Gasteiger partial charge in [0.05, 0.1) is 12.2 Å². The number of aliphatic hydroxyl groups is 1. The van der Waals surface area contributed by atoms with Crippen LogP contribution in [-0.4, -0.2) is 37.0 Å². The highest BCUT2D eigenvalue weighted by Crippen LogP contribution is 2.26. The lowest BCUT2D eigenvalue weighted by atomic mass is 9.94. The summed E-state index contributed by atoms with van der Waals surface area (Å²) in [6, 6.07) is 0.322. The van der Waals surface area contributed by atoms with E-state index < -0.39 is 5.60 Å². The molecule has 1 rings (SSSR count). The van der Waals surface area contributed by atoms with Crippen LogP contribution in [0.2, 0.25) is 0 Å². The van der Waals surface area contributed by atoms with E-state index >= 15 is 0 Å². The highest BCUT2D eigenvalue weighted by atomic mass is 16.5. The molecule has 1 fully saturated rings. The molecule has 3 heteroatoms. The Bertz CT molecular complexity index is 165. The van der Waals surface area contributed by atoms with Gasteiger partial charge >= 0.3 is 0 Å². The van der Waals surface area contributed by atoms with Crippen molar-refractivity contribution in [3.8, 4) is 0 Å². The van der Waals surface area contributed by atoms with Crippen molar-refractivity contribution in [3.05, 3.63) is 0 Å². The summed E-state index contributed by atoms with van der Waals surface area (Å²) in [4.78, 5) is 0. The molecule has 0 aromatic rings. The molecular formula is C12H25NO2. The van der Waals surface area contributed by atoms with Crippen LogP contribution in [0.3, 0.4) is 0 Å². The second-order valence-corrected chi connectivity index (χ2v) is 4.88. The minimum atomic E-state index is -0.474. The van der Waals surface area contributed by atoms with Crippen LogP contribution in [0, 0.1) is 0 Å². The lowest BCUT2D eigenvalue weighted by Gasteiger charge is -2.28. The van der Waals surface area contributed by atoms with E-state index in [0.717, 1.165) is 25.7 Å². The van der Waals surface area contributed by atoms with Crippen LogP contribution >= 0.6 is 0 Å². The number of nitrogens with one attached hydrogen (secondary N) is 1. The quantitative estimate of drug-likeness (QED) is 0.686. The summed E-state index contributed by atoms with van der Waals surface area (Å²) in [6.45, 7) is 3.50. The molecule has 0 spiro atoms. The van der Waals surface area contributed by atoms with Crippen molar-refractivity contribution in [2.75, 3.05) is 20.3 Å². The molecule has 2 N–H and O–H groups in total. The van der Waals surface area contributed by atoms with Crippen LogP contribution in [0.15, 0.2) is 0 Å². The molecule has 0 bridgehead atoms. The van der Waals surface area contributed by atoms with Gasteiger partial charge in [-0.1, -0.05) is 25.7 Å². The van der Waals surface area contributed by atoms with E-state index in [4.69, 9.17) is 4.74 Å². The lowest BCUT2D eigenvalue weighted by molar-refractivity contribution is 0.0204. The number of hydrogen-bond acceptors (Lipinski definition) is 3. The van der Waals surface area contributed by atoms with E-state index in [1.807, 2.05) is 0 Å². The second-order valence-electron chi connectivity index (χ2n) is 4.88. The van der Waals surface area contributed by atoms with Crippen LogP contribution in [0.1, 0.15) is 45.4 Å². The van der Waals surface area contributed by atoms with E-state index in [2.05, 4.69) is 12.2 Å². The standard InChI is InChI=1S/C12H25NO2/c1-11(9-15-2)13-10-12(14)7-5-3-4-6-8-12/h11,13-14H,3-10H2,1-2H3. The highest BCUT2D eigenvalue weighted by Gasteiger charge is 2.27. The average Bonchev–Trinajstić information content (AvgIpc) is 2.42. The highest BCUT2D eigenvalue weighted by molar-refractivity contribution is 4.84. The van der Waals surface area contributed by atoms with Crippen LogP contribution < -0.4 is 5.32 Å². The average molecular weight is 215 g/mol. The molecule has 15 heavy (non-hydrogen) atoms. The monoisotopic (exact) mass is 215 g/mol. The SMILES string of the molecule is COCC(C)NCC1(O)CCCCCC1. The molecule has 1 saturated carbocycles. The molecule has 90 valence electrons. The van der Waals surface area contributed by atoms with Gasteiger partial charge in [0.1, 0.15) is 0 Å². The maximum absolute atomic E-state index is 10.4. The first-order valence-electron chi connectivity index (χ1n) is 6.11. The Kier molecular flexibility index (Phi) is 5.58.